The molecule has 2 saturated carbocycles. The van der Waals surface area contributed by atoms with Crippen LogP contribution in [0.15, 0.2) is 60.7 Å². The molecular formula is C24H22N2O3. The normalized spacial score (nSPS) is 17.0. The minimum atomic E-state index is -0.972. The lowest BCUT2D eigenvalue weighted by Crippen LogP contribution is -2.33. The highest BCUT2D eigenvalue weighted by Gasteiger charge is 2.32. The van der Waals surface area contributed by atoms with Gasteiger partial charge in [-0.15, -0.1) is 0 Å². The van der Waals surface area contributed by atoms with Crippen LogP contribution < -0.4 is 5.32 Å². The Morgan fingerprint density at radius 1 is 0.966 bits per heavy atom. The minimum absolute atomic E-state index is 0.190. The van der Waals surface area contributed by atoms with Gasteiger partial charge in [0.25, 0.3) is 5.91 Å². The molecule has 5 heteroatoms. The third-order valence-corrected chi connectivity index (χ3v) is 5.44. The fourth-order valence-electron chi connectivity index (χ4n) is 3.53. The predicted octanol–water partition coefficient (Wildman–Crippen LogP) is 4.29. The molecule has 1 amide bonds. The van der Waals surface area contributed by atoms with Crippen molar-refractivity contribution in [3.05, 3.63) is 77.5 Å². The molecule has 146 valence electrons. The lowest BCUT2D eigenvalue weighted by atomic mass is 10.1. The van der Waals surface area contributed by atoms with Crippen LogP contribution in [0.4, 0.5) is 0 Å². The summed E-state index contributed by atoms with van der Waals surface area (Å²) in [4.78, 5) is 30.7. The van der Waals surface area contributed by atoms with Gasteiger partial charge in [-0.05, 0) is 37.8 Å². The van der Waals surface area contributed by atoms with Crippen molar-refractivity contribution in [1.82, 2.24) is 10.3 Å². The topological polar surface area (TPSA) is 68.3 Å². The van der Waals surface area contributed by atoms with Crippen LogP contribution in [-0.2, 0) is 9.53 Å². The standard InChI is InChI=1S/C24H22N2O3/c27-23(25-17-12-13-17)22(16-6-2-1-3-7-16)29-24(28)19-14-21(15-10-11-15)26-20-9-5-4-8-18(19)20/h1-9,14-15,17,22H,10-13H2,(H,25,27)/t22-/m1/s1. The largest absolute Gasteiger partial charge is 0.444 e. The zero-order valence-electron chi connectivity index (χ0n) is 16.0. The number of carbonyl (C=O) groups excluding carboxylic acids is 2. The summed E-state index contributed by atoms with van der Waals surface area (Å²) in [7, 11) is 0. The molecule has 1 atom stereocenters. The van der Waals surface area contributed by atoms with E-state index in [0.29, 0.717) is 17.0 Å². The monoisotopic (exact) mass is 386 g/mol. The minimum Gasteiger partial charge on any atom is -0.444 e. The van der Waals surface area contributed by atoms with Gasteiger partial charge in [0.05, 0.1) is 11.1 Å². The number of para-hydroxylation sites is 1. The molecule has 2 fully saturated rings. The van der Waals surface area contributed by atoms with Crippen LogP contribution in [0.5, 0.6) is 0 Å². The number of benzene rings is 2. The number of hydrogen-bond donors (Lipinski definition) is 1. The number of ether oxygens (including phenoxy) is 1. The van der Waals surface area contributed by atoms with Crippen molar-refractivity contribution < 1.29 is 14.3 Å². The number of fused-ring (bicyclic) bond motifs is 1. The summed E-state index contributed by atoms with van der Waals surface area (Å²) in [6, 6.07) is 18.8. The fourth-order valence-corrected chi connectivity index (χ4v) is 3.53. The maximum Gasteiger partial charge on any atom is 0.340 e. The van der Waals surface area contributed by atoms with E-state index < -0.39 is 12.1 Å². The van der Waals surface area contributed by atoms with Crippen molar-refractivity contribution in [2.75, 3.05) is 0 Å². The number of carbonyl (C=O) groups is 2. The maximum atomic E-state index is 13.2. The van der Waals surface area contributed by atoms with Crippen LogP contribution in [0.25, 0.3) is 10.9 Å². The Kier molecular flexibility index (Phi) is 4.51. The Morgan fingerprint density at radius 2 is 1.69 bits per heavy atom. The maximum absolute atomic E-state index is 13.2. The Morgan fingerprint density at radius 3 is 2.41 bits per heavy atom. The van der Waals surface area contributed by atoms with Crippen LogP contribution in [0.1, 0.15) is 59.3 Å². The van der Waals surface area contributed by atoms with E-state index in [9.17, 15) is 9.59 Å². The summed E-state index contributed by atoms with van der Waals surface area (Å²) in [5.74, 6) is -0.354. The van der Waals surface area contributed by atoms with Crippen LogP contribution in [0.3, 0.4) is 0 Å². The molecule has 2 aromatic carbocycles. The number of amides is 1. The van der Waals surface area contributed by atoms with Gasteiger partial charge in [-0.25, -0.2) is 4.79 Å². The fraction of sp³-hybridized carbons (Fsp3) is 0.292. The van der Waals surface area contributed by atoms with E-state index in [1.165, 1.54) is 0 Å². The van der Waals surface area contributed by atoms with Gasteiger partial charge in [0, 0.05) is 28.6 Å². The summed E-state index contributed by atoms with van der Waals surface area (Å²) in [6.07, 6.45) is 3.16. The third-order valence-electron chi connectivity index (χ3n) is 5.44. The van der Waals surface area contributed by atoms with E-state index in [4.69, 9.17) is 9.72 Å². The molecule has 0 spiro atoms. The molecule has 0 unspecified atom stereocenters. The molecule has 29 heavy (non-hydrogen) atoms. The Bertz CT molecular complexity index is 1070. The van der Waals surface area contributed by atoms with Gasteiger partial charge in [0.2, 0.25) is 6.10 Å². The zero-order valence-corrected chi connectivity index (χ0v) is 16.0. The van der Waals surface area contributed by atoms with Crippen LogP contribution >= 0.6 is 0 Å². The predicted molar refractivity (Wildman–Crippen MR) is 109 cm³/mol. The van der Waals surface area contributed by atoms with Crippen molar-refractivity contribution in [3.63, 3.8) is 0 Å². The number of pyridine rings is 1. The van der Waals surface area contributed by atoms with Crippen molar-refractivity contribution in [2.24, 2.45) is 0 Å². The van der Waals surface area contributed by atoms with Gasteiger partial charge in [-0.1, -0.05) is 48.5 Å². The molecule has 2 aliphatic carbocycles. The SMILES string of the molecule is O=C(O[C@@H](C(=O)NC1CC1)c1ccccc1)c1cc(C2CC2)nc2ccccc12. The molecule has 2 aliphatic rings. The number of aromatic nitrogens is 1. The smallest absolute Gasteiger partial charge is 0.340 e. The number of nitrogens with zero attached hydrogens (tertiary/aromatic N) is 1. The summed E-state index contributed by atoms with van der Waals surface area (Å²) < 4.78 is 5.80. The van der Waals surface area contributed by atoms with Gasteiger partial charge in [-0.3, -0.25) is 9.78 Å². The highest BCUT2D eigenvalue weighted by molar-refractivity contribution is 6.04. The van der Waals surface area contributed by atoms with Crippen LogP contribution in [-0.4, -0.2) is 22.9 Å². The highest BCUT2D eigenvalue weighted by Crippen LogP contribution is 2.40. The van der Waals surface area contributed by atoms with Crippen LogP contribution in [0, 0.1) is 0 Å². The number of hydrogen-bond acceptors (Lipinski definition) is 4. The van der Waals surface area contributed by atoms with Crippen molar-refractivity contribution in [1.29, 1.82) is 0 Å². The highest BCUT2D eigenvalue weighted by atomic mass is 16.5. The summed E-state index contributed by atoms with van der Waals surface area (Å²) in [5.41, 5.74) is 2.84. The molecule has 1 aromatic heterocycles. The molecule has 5 rings (SSSR count). The lowest BCUT2D eigenvalue weighted by Gasteiger charge is -2.19. The molecule has 1 N–H and O–H groups in total. The quantitative estimate of drug-likeness (QED) is 0.642. The molecule has 0 radical (unpaired) electrons. The Balaban J connectivity index is 1.49. The van der Waals surface area contributed by atoms with Gasteiger partial charge in [0.15, 0.2) is 0 Å². The number of rotatable bonds is 6. The lowest BCUT2D eigenvalue weighted by molar-refractivity contribution is -0.130. The zero-order chi connectivity index (χ0) is 19.8. The van der Waals surface area contributed by atoms with Gasteiger partial charge in [0.1, 0.15) is 0 Å². The van der Waals surface area contributed by atoms with E-state index in [-0.39, 0.29) is 11.9 Å². The number of nitrogens with one attached hydrogen (secondary N) is 1. The third kappa shape index (κ3) is 3.86. The van der Waals surface area contributed by atoms with E-state index in [2.05, 4.69) is 5.32 Å². The van der Waals surface area contributed by atoms with E-state index in [1.807, 2.05) is 60.7 Å². The second-order valence-corrected chi connectivity index (χ2v) is 7.86. The first-order valence-corrected chi connectivity index (χ1v) is 10.1. The summed E-state index contributed by atoms with van der Waals surface area (Å²) in [5, 5.41) is 3.70. The molecule has 0 aliphatic heterocycles. The Labute approximate surface area is 169 Å². The first kappa shape index (κ1) is 17.9. The first-order valence-electron chi connectivity index (χ1n) is 10.1. The van der Waals surface area contributed by atoms with Crippen LogP contribution in [0.2, 0.25) is 0 Å². The Hall–Kier alpha value is -3.21. The van der Waals surface area contributed by atoms with Gasteiger partial charge >= 0.3 is 5.97 Å². The second-order valence-electron chi connectivity index (χ2n) is 7.86. The van der Waals surface area contributed by atoms with Gasteiger partial charge in [-0.2, -0.15) is 0 Å². The molecule has 1 heterocycles. The van der Waals surface area contributed by atoms with Crippen molar-refractivity contribution >= 4 is 22.8 Å². The van der Waals surface area contributed by atoms with Crippen molar-refractivity contribution in [3.8, 4) is 0 Å². The average Bonchev–Trinajstić information content (AvgIpc) is 3.66. The first-order chi connectivity index (χ1) is 14.2. The molecule has 3 aromatic rings. The van der Waals surface area contributed by atoms with E-state index in [0.717, 1.165) is 42.3 Å². The number of esters is 1. The second kappa shape index (κ2) is 7.32. The molecular weight excluding hydrogens is 364 g/mol. The molecule has 5 nitrogen and oxygen atoms in total. The van der Waals surface area contributed by atoms with E-state index in [1.54, 1.807) is 0 Å². The molecule has 0 saturated heterocycles. The van der Waals surface area contributed by atoms with Crippen molar-refractivity contribution in [2.45, 2.75) is 43.7 Å². The van der Waals surface area contributed by atoms with E-state index >= 15 is 0 Å². The average molecular weight is 386 g/mol. The van der Waals surface area contributed by atoms with Gasteiger partial charge < -0.3 is 10.1 Å². The molecule has 0 bridgehead atoms. The summed E-state index contributed by atoms with van der Waals surface area (Å²) in [6.45, 7) is 0. The summed E-state index contributed by atoms with van der Waals surface area (Å²) >= 11 is 0.